The van der Waals surface area contributed by atoms with Crippen LogP contribution < -0.4 is 10.6 Å². The van der Waals surface area contributed by atoms with Crippen LogP contribution in [0, 0.1) is 0 Å². The van der Waals surface area contributed by atoms with Gasteiger partial charge in [0.1, 0.15) is 0 Å². The number of nitrogens with zero attached hydrogens (tertiary/aromatic N) is 1. The van der Waals surface area contributed by atoms with E-state index in [-0.39, 0.29) is 0 Å². The largest absolute Gasteiger partial charge is 0.399 e. The second-order valence-electron chi connectivity index (χ2n) is 3.97. The van der Waals surface area contributed by atoms with Gasteiger partial charge in [-0.05, 0) is 42.9 Å². The van der Waals surface area contributed by atoms with Crippen LogP contribution in [0.15, 0.2) is 18.2 Å². The first kappa shape index (κ1) is 10.7. The van der Waals surface area contributed by atoms with Crippen LogP contribution in [0.25, 0.3) is 0 Å². The highest BCUT2D eigenvalue weighted by molar-refractivity contribution is 7.98. The van der Waals surface area contributed by atoms with E-state index in [1.807, 2.05) is 17.8 Å². The fourth-order valence-corrected chi connectivity index (χ4v) is 2.53. The van der Waals surface area contributed by atoms with Gasteiger partial charge < -0.3 is 10.6 Å². The van der Waals surface area contributed by atoms with Crippen molar-refractivity contribution in [2.45, 2.75) is 12.8 Å². The van der Waals surface area contributed by atoms with Gasteiger partial charge in [-0.15, -0.1) is 0 Å². The highest BCUT2D eigenvalue weighted by Gasteiger charge is 2.15. The summed E-state index contributed by atoms with van der Waals surface area (Å²) < 4.78 is 0. The van der Waals surface area contributed by atoms with Crippen LogP contribution in [0.3, 0.4) is 0 Å². The zero-order valence-electron chi connectivity index (χ0n) is 9.20. The molecule has 0 saturated heterocycles. The maximum atomic E-state index is 5.80. The summed E-state index contributed by atoms with van der Waals surface area (Å²) in [5.74, 6) is 1.20. The van der Waals surface area contributed by atoms with Crippen molar-refractivity contribution < 1.29 is 0 Å². The van der Waals surface area contributed by atoms with Gasteiger partial charge >= 0.3 is 0 Å². The molecule has 0 aromatic heterocycles. The molecule has 15 heavy (non-hydrogen) atoms. The van der Waals surface area contributed by atoms with Gasteiger partial charge in [0.2, 0.25) is 0 Å². The molecular weight excluding hydrogens is 204 g/mol. The molecule has 0 fully saturated rings. The molecule has 0 saturated carbocycles. The van der Waals surface area contributed by atoms with E-state index in [0.29, 0.717) is 0 Å². The summed E-state index contributed by atoms with van der Waals surface area (Å²) in [4.78, 5) is 2.48. The number of nitrogen functional groups attached to an aromatic ring is 1. The van der Waals surface area contributed by atoms with Crippen LogP contribution in [-0.2, 0) is 6.42 Å². The van der Waals surface area contributed by atoms with Crippen molar-refractivity contribution in [1.29, 1.82) is 0 Å². The lowest BCUT2D eigenvalue weighted by Gasteiger charge is -2.31. The van der Waals surface area contributed by atoms with E-state index in [1.165, 1.54) is 36.4 Å². The number of aryl methyl sites for hydroxylation is 1. The van der Waals surface area contributed by atoms with Crippen molar-refractivity contribution in [2.75, 3.05) is 35.7 Å². The van der Waals surface area contributed by atoms with Crippen LogP contribution >= 0.6 is 11.8 Å². The van der Waals surface area contributed by atoms with Gasteiger partial charge in [0.15, 0.2) is 0 Å². The Kier molecular flexibility index (Phi) is 3.41. The SMILES string of the molecule is CSCCN1CCCc2cc(N)ccc21. The Morgan fingerprint density at radius 3 is 3.13 bits per heavy atom. The molecule has 2 N–H and O–H groups in total. The quantitative estimate of drug-likeness (QED) is 0.796. The van der Waals surface area contributed by atoms with Crippen LogP contribution in [0.1, 0.15) is 12.0 Å². The number of benzene rings is 1. The summed E-state index contributed by atoms with van der Waals surface area (Å²) in [6.45, 7) is 2.34. The van der Waals surface area contributed by atoms with Crippen molar-refractivity contribution in [2.24, 2.45) is 0 Å². The summed E-state index contributed by atoms with van der Waals surface area (Å²) in [6, 6.07) is 6.31. The van der Waals surface area contributed by atoms with Gasteiger partial charge in [0, 0.05) is 30.2 Å². The first-order chi connectivity index (χ1) is 7.31. The highest BCUT2D eigenvalue weighted by atomic mass is 32.2. The summed E-state index contributed by atoms with van der Waals surface area (Å²) in [7, 11) is 0. The fraction of sp³-hybridized carbons (Fsp3) is 0.500. The van der Waals surface area contributed by atoms with E-state index < -0.39 is 0 Å². The van der Waals surface area contributed by atoms with E-state index in [1.54, 1.807) is 0 Å². The summed E-state index contributed by atoms with van der Waals surface area (Å²) >= 11 is 1.91. The van der Waals surface area contributed by atoms with Crippen molar-refractivity contribution >= 4 is 23.1 Å². The average Bonchev–Trinajstić information content (AvgIpc) is 2.25. The minimum atomic E-state index is 0.889. The average molecular weight is 222 g/mol. The van der Waals surface area contributed by atoms with E-state index in [2.05, 4.69) is 23.3 Å². The zero-order chi connectivity index (χ0) is 10.7. The summed E-state index contributed by atoms with van der Waals surface area (Å²) in [5, 5.41) is 0. The number of hydrogen-bond donors (Lipinski definition) is 1. The predicted octanol–water partition coefficient (Wildman–Crippen LogP) is 2.38. The van der Waals surface area contributed by atoms with Gasteiger partial charge in [-0.2, -0.15) is 11.8 Å². The Morgan fingerprint density at radius 2 is 2.33 bits per heavy atom. The summed E-state index contributed by atoms with van der Waals surface area (Å²) in [6.07, 6.45) is 4.59. The molecule has 0 bridgehead atoms. The Bertz CT molecular complexity index is 338. The first-order valence-corrected chi connectivity index (χ1v) is 6.83. The number of hydrogen-bond acceptors (Lipinski definition) is 3. The van der Waals surface area contributed by atoms with Crippen LogP contribution in [0.4, 0.5) is 11.4 Å². The maximum Gasteiger partial charge on any atom is 0.0400 e. The molecule has 1 aromatic rings. The van der Waals surface area contributed by atoms with Crippen LogP contribution in [-0.4, -0.2) is 25.1 Å². The first-order valence-electron chi connectivity index (χ1n) is 5.43. The molecular formula is C12H18N2S. The molecule has 0 radical (unpaired) electrons. The minimum Gasteiger partial charge on any atom is -0.399 e. The molecule has 1 aromatic carbocycles. The molecule has 2 nitrogen and oxygen atoms in total. The van der Waals surface area contributed by atoms with Crippen molar-refractivity contribution in [1.82, 2.24) is 0 Å². The molecule has 82 valence electrons. The summed E-state index contributed by atoms with van der Waals surface area (Å²) in [5.41, 5.74) is 9.51. The Labute approximate surface area is 95.8 Å². The molecule has 3 heteroatoms. The maximum absolute atomic E-state index is 5.80. The van der Waals surface area contributed by atoms with E-state index in [4.69, 9.17) is 5.73 Å². The van der Waals surface area contributed by atoms with Gasteiger partial charge in [0.05, 0.1) is 0 Å². The number of nitrogens with two attached hydrogens (primary N) is 1. The standard InChI is InChI=1S/C12H18N2S/c1-15-8-7-14-6-2-3-10-9-11(13)4-5-12(10)14/h4-5,9H,2-3,6-8,13H2,1H3. The highest BCUT2D eigenvalue weighted by Crippen LogP contribution is 2.28. The molecule has 0 aliphatic carbocycles. The minimum absolute atomic E-state index is 0.889. The molecule has 0 unspecified atom stereocenters. The number of anilines is 2. The normalized spacial score (nSPS) is 15.1. The van der Waals surface area contributed by atoms with E-state index >= 15 is 0 Å². The van der Waals surface area contributed by atoms with Crippen molar-refractivity contribution in [3.8, 4) is 0 Å². The van der Waals surface area contributed by atoms with Gasteiger partial charge in [-0.1, -0.05) is 0 Å². The molecule has 1 aliphatic rings. The Balaban J connectivity index is 2.18. The topological polar surface area (TPSA) is 29.3 Å². The molecule has 1 heterocycles. The third-order valence-electron chi connectivity index (χ3n) is 2.88. The number of thioether (sulfide) groups is 1. The van der Waals surface area contributed by atoms with Gasteiger partial charge in [-0.25, -0.2) is 0 Å². The monoisotopic (exact) mass is 222 g/mol. The zero-order valence-corrected chi connectivity index (χ0v) is 10.0. The number of rotatable bonds is 3. The van der Waals surface area contributed by atoms with Gasteiger partial charge in [0.25, 0.3) is 0 Å². The van der Waals surface area contributed by atoms with E-state index in [9.17, 15) is 0 Å². The molecule has 0 amide bonds. The third-order valence-corrected chi connectivity index (χ3v) is 3.47. The lowest BCUT2D eigenvalue weighted by molar-refractivity contribution is 0.710. The lowest BCUT2D eigenvalue weighted by Crippen LogP contribution is -2.31. The predicted molar refractivity (Wildman–Crippen MR) is 69.8 cm³/mol. The lowest BCUT2D eigenvalue weighted by atomic mass is 10.0. The van der Waals surface area contributed by atoms with E-state index in [0.717, 1.165) is 12.2 Å². The smallest absolute Gasteiger partial charge is 0.0400 e. The Morgan fingerprint density at radius 1 is 1.47 bits per heavy atom. The van der Waals surface area contributed by atoms with Crippen molar-refractivity contribution in [3.05, 3.63) is 23.8 Å². The molecule has 0 spiro atoms. The van der Waals surface area contributed by atoms with Crippen molar-refractivity contribution in [3.63, 3.8) is 0 Å². The van der Waals surface area contributed by atoms with Gasteiger partial charge in [-0.3, -0.25) is 0 Å². The van der Waals surface area contributed by atoms with Crippen LogP contribution in [0.5, 0.6) is 0 Å². The Hall–Kier alpha value is -0.830. The molecule has 1 aliphatic heterocycles. The fourth-order valence-electron chi connectivity index (χ4n) is 2.13. The molecule has 0 atom stereocenters. The third kappa shape index (κ3) is 2.40. The second-order valence-corrected chi connectivity index (χ2v) is 4.96. The molecule has 2 rings (SSSR count). The second kappa shape index (κ2) is 4.79. The number of fused-ring (bicyclic) bond motifs is 1. The van der Waals surface area contributed by atoms with Crippen LogP contribution in [0.2, 0.25) is 0 Å².